The molecular formula is C9H12N4O2. The number of nitro groups is 1. The fraction of sp³-hybridized carbons (Fsp3) is 0.444. The zero-order valence-corrected chi connectivity index (χ0v) is 8.38. The third kappa shape index (κ3) is 1.63. The Labute approximate surface area is 86.9 Å². The molecule has 0 aliphatic carbocycles. The Hall–Kier alpha value is -1.69. The molecule has 0 atom stereocenters. The van der Waals surface area contributed by atoms with E-state index >= 15 is 0 Å². The van der Waals surface area contributed by atoms with Crippen LogP contribution >= 0.6 is 0 Å². The van der Waals surface area contributed by atoms with Crippen molar-refractivity contribution in [3.8, 4) is 0 Å². The maximum atomic E-state index is 10.9. The minimum atomic E-state index is -0.387. The van der Waals surface area contributed by atoms with Crippen molar-refractivity contribution >= 4 is 11.5 Å². The Morgan fingerprint density at radius 2 is 2.33 bits per heavy atom. The molecule has 0 radical (unpaired) electrons. The van der Waals surface area contributed by atoms with Crippen molar-refractivity contribution in [3.05, 3.63) is 27.9 Å². The number of nitrogens with zero attached hydrogens (tertiary/aromatic N) is 3. The lowest BCUT2D eigenvalue weighted by molar-refractivity contribution is -0.385. The van der Waals surface area contributed by atoms with Gasteiger partial charge in [-0.25, -0.2) is 4.98 Å². The molecule has 0 saturated carbocycles. The monoisotopic (exact) mass is 208 g/mol. The number of anilines is 1. The smallest absolute Gasteiger partial charge is 0.314 e. The summed E-state index contributed by atoms with van der Waals surface area (Å²) in [7, 11) is 0. The van der Waals surface area contributed by atoms with Crippen molar-refractivity contribution in [3.63, 3.8) is 0 Å². The molecule has 0 amide bonds. The van der Waals surface area contributed by atoms with Crippen LogP contribution in [0.25, 0.3) is 0 Å². The molecule has 2 N–H and O–H groups in total. The van der Waals surface area contributed by atoms with E-state index in [1.165, 1.54) is 0 Å². The van der Waals surface area contributed by atoms with Crippen molar-refractivity contribution in [2.45, 2.75) is 13.0 Å². The highest BCUT2D eigenvalue weighted by Gasteiger charge is 2.31. The van der Waals surface area contributed by atoms with E-state index in [1.807, 2.05) is 4.90 Å². The summed E-state index contributed by atoms with van der Waals surface area (Å²) in [5.41, 5.74) is 6.35. The Morgan fingerprint density at radius 1 is 1.67 bits per heavy atom. The fourth-order valence-electron chi connectivity index (χ4n) is 1.68. The van der Waals surface area contributed by atoms with Crippen LogP contribution in [0.1, 0.15) is 5.56 Å². The van der Waals surface area contributed by atoms with Crippen molar-refractivity contribution in [2.75, 3.05) is 18.0 Å². The Kier molecular flexibility index (Phi) is 2.28. The number of rotatable bonds is 2. The van der Waals surface area contributed by atoms with Crippen LogP contribution in [0.4, 0.5) is 11.5 Å². The topological polar surface area (TPSA) is 85.3 Å². The molecule has 1 fully saturated rings. The van der Waals surface area contributed by atoms with E-state index in [0.717, 1.165) is 0 Å². The van der Waals surface area contributed by atoms with Gasteiger partial charge in [-0.15, -0.1) is 0 Å². The molecule has 80 valence electrons. The van der Waals surface area contributed by atoms with E-state index in [1.54, 1.807) is 19.2 Å². The van der Waals surface area contributed by atoms with E-state index in [4.69, 9.17) is 5.73 Å². The Morgan fingerprint density at radius 3 is 2.87 bits per heavy atom. The van der Waals surface area contributed by atoms with Crippen LogP contribution < -0.4 is 10.6 Å². The van der Waals surface area contributed by atoms with Gasteiger partial charge in [-0.2, -0.15) is 0 Å². The third-order valence-corrected chi connectivity index (χ3v) is 2.50. The molecule has 6 heteroatoms. The summed E-state index contributed by atoms with van der Waals surface area (Å²) >= 11 is 0. The molecule has 0 unspecified atom stereocenters. The van der Waals surface area contributed by atoms with Gasteiger partial charge >= 0.3 is 5.69 Å². The predicted octanol–water partition coefficient (Wildman–Crippen LogP) is 0.446. The second-order valence-corrected chi connectivity index (χ2v) is 3.72. The number of hydrogen-bond donors (Lipinski definition) is 1. The maximum absolute atomic E-state index is 10.9. The van der Waals surface area contributed by atoms with Crippen LogP contribution in [0.3, 0.4) is 0 Å². The average Bonchev–Trinajstić information content (AvgIpc) is 2.12. The number of pyridine rings is 1. The molecular weight excluding hydrogens is 196 g/mol. The molecule has 15 heavy (non-hydrogen) atoms. The minimum absolute atomic E-state index is 0.0874. The second kappa shape index (κ2) is 3.47. The lowest BCUT2D eigenvalue weighted by atomic mass is 10.1. The van der Waals surface area contributed by atoms with Gasteiger partial charge in [0.25, 0.3) is 0 Å². The fourth-order valence-corrected chi connectivity index (χ4v) is 1.68. The molecule has 6 nitrogen and oxygen atoms in total. The largest absolute Gasteiger partial charge is 0.348 e. The quantitative estimate of drug-likeness (QED) is 0.563. The number of aromatic nitrogens is 1. The van der Waals surface area contributed by atoms with Gasteiger partial charge in [-0.3, -0.25) is 10.1 Å². The van der Waals surface area contributed by atoms with Gasteiger partial charge in [-0.05, 0) is 13.0 Å². The average molecular weight is 208 g/mol. The van der Waals surface area contributed by atoms with Gasteiger partial charge in [0.05, 0.1) is 4.92 Å². The zero-order valence-electron chi connectivity index (χ0n) is 8.38. The van der Waals surface area contributed by atoms with Crippen molar-refractivity contribution in [1.82, 2.24) is 4.98 Å². The molecule has 1 saturated heterocycles. The predicted molar refractivity (Wildman–Crippen MR) is 55.8 cm³/mol. The number of aryl methyl sites for hydroxylation is 1. The van der Waals surface area contributed by atoms with Gasteiger partial charge in [0.1, 0.15) is 0 Å². The molecule has 1 aromatic rings. The normalized spacial score (nSPS) is 16.3. The summed E-state index contributed by atoms with van der Waals surface area (Å²) in [4.78, 5) is 16.4. The summed E-state index contributed by atoms with van der Waals surface area (Å²) in [5, 5.41) is 10.9. The van der Waals surface area contributed by atoms with Crippen LogP contribution in [0.15, 0.2) is 12.3 Å². The van der Waals surface area contributed by atoms with Crippen LogP contribution in [0, 0.1) is 17.0 Å². The first kappa shape index (κ1) is 9.85. The van der Waals surface area contributed by atoms with Gasteiger partial charge < -0.3 is 10.6 Å². The van der Waals surface area contributed by atoms with Crippen LogP contribution in [0.2, 0.25) is 0 Å². The summed E-state index contributed by atoms with van der Waals surface area (Å²) in [6.45, 7) is 2.98. The van der Waals surface area contributed by atoms with E-state index in [-0.39, 0.29) is 16.7 Å². The van der Waals surface area contributed by atoms with Crippen molar-refractivity contribution < 1.29 is 4.92 Å². The molecule has 1 aromatic heterocycles. The summed E-state index contributed by atoms with van der Waals surface area (Å²) in [6, 6.07) is 1.74. The van der Waals surface area contributed by atoms with E-state index in [2.05, 4.69) is 4.98 Å². The third-order valence-electron chi connectivity index (χ3n) is 2.50. The summed E-state index contributed by atoms with van der Waals surface area (Å²) in [5.74, 6) is 0.432. The molecule has 0 spiro atoms. The Balaban J connectivity index is 2.38. The number of hydrogen-bond acceptors (Lipinski definition) is 5. The van der Waals surface area contributed by atoms with E-state index in [0.29, 0.717) is 24.5 Å². The highest BCUT2D eigenvalue weighted by Crippen LogP contribution is 2.31. The molecule has 0 bridgehead atoms. The van der Waals surface area contributed by atoms with Gasteiger partial charge in [0.15, 0.2) is 0 Å². The number of nitrogens with two attached hydrogens (primary N) is 1. The minimum Gasteiger partial charge on any atom is -0.348 e. The summed E-state index contributed by atoms with van der Waals surface area (Å²) < 4.78 is 0. The van der Waals surface area contributed by atoms with Crippen LogP contribution in [-0.4, -0.2) is 29.0 Å². The molecule has 0 aromatic carbocycles. The maximum Gasteiger partial charge on any atom is 0.314 e. The lowest BCUT2D eigenvalue weighted by Gasteiger charge is -2.37. The van der Waals surface area contributed by atoms with Gasteiger partial charge in [0.2, 0.25) is 5.82 Å². The van der Waals surface area contributed by atoms with E-state index in [9.17, 15) is 10.1 Å². The summed E-state index contributed by atoms with van der Waals surface area (Å²) in [6.07, 6.45) is 1.58. The zero-order chi connectivity index (χ0) is 11.0. The SMILES string of the molecule is Cc1ccnc(N2CC(N)C2)c1[N+](=O)[O-]. The first-order valence-electron chi connectivity index (χ1n) is 4.70. The molecule has 2 rings (SSSR count). The molecule has 1 aliphatic heterocycles. The highest BCUT2D eigenvalue weighted by atomic mass is 16.6. The molecule has 2 heterocycles. The van der Waals surface area contributed by atoms with Crippen LogP contribution in [0.5, 0.6) is 0 Å². The lowest BCUT2D eigenvalue weighted by Crippen LogP contribution is -2.56. The first-order valence-corrected chi connectivity index (χ1v) is 4.70. The molecule has 1 aliphatic rings. The van der Waals surface area contributed by atoms with Crippen LogP contribution in [-0.2, 0) is 0 Å². The standard InChI is InChI=1S/C9H12N4O2/c1-6-2-3-11-9(8(6)13(14)15)12-4-7(10)5-12/h2-3,7H,4-5,10H2,1H3. The van der Waals surface area contributed by atoms with Crippen molar-refractivity contribution in [2.24, 2.45) is 5.73 Å². The second-order valence-electron chi connectivity index (χ2n) is 3.72. The first-order chi connectivity index (χ1) is 7.09. The Bertz CT molecular complexity index is 401. The highest BCUT2D eigenvalue weighted by molar-refractivity contribution is 5.62. The van der Waals surface area contributed by atoms with Crippen molar-refractivity contribution in [1.29, 1.82) is 0 Å². The van der Waals surface area contributed by atoms with Gasteiger partial charge in [-0.1, -0.05) is 0 Å². The van der Waals surface area contributed by atoms with E-state index < -0.39 is 0 Å². The van der Waals surface area contributed by atoms with Gasteiger partial charge in [0, 0.05) is 30.9 Å².